The summed E-state index contributed by atoms with van der Waals surface area (Å²) >= 11 is 9.32. The van der Waals surface area contributed by atoms with Gasteiger partial charge in [-0.2, -0.15) is 0 Å². The van der Waals surface area contributed by atoms with Crippen LogP contribution in [0.15, 0.2) is 40.9 Å². The topological polar surface area (TPSA) is 72.6 Å². The number of ether oxygens (including phenoxy) is 1. The van der Waals surface area contributed by atoms with Crippen molar-refractivity contribution in [3.8, 4) is 11.5 Å². The third kappa shape index (κ3) is 3.72. The standard InChI is InChI=1S/C14H11BrClNO4/c1-8(18)11-4-2-9(15)6-14(11)21-13-5-3-10(17(19)20)7-12(13)16/h2-8,18H,1H3. The molecule has 0 fully saturated rings. The summed E-state index contributed by atoms with van der Waals surface area (Å²) in [7, 11) is 0. The number of nitrogens with zero attached hydrogens (tertiary/aromatic N) is 1. The Bertz CT molecular complexity index is 691. The Balaban J connectivity index is 2.38. The van der Waals surface area contributed by atoms with Gasteiger partial charge >= 0.3 is 0 Å². The van der Waals surface area contributed by atoms with E-state index < -0.39 is 11.0 Å². The van der Waals surface area contributed by atoms with E-state index in [1.807, 2.05) is 0 Å². The molecule has 21 heavy (non-hydrogen) atoms. The maximum atomic E-state index is 10.7. The average molecular weight is 373 g/mol. The molecule has 110 valence electrons. The lowest BCUT2D eigenvalue weighted by molar-refractivity contribution is -0.384. The van der Waals surface area contributed by atoms with E-state index in [2.05, 4.69) is 15.9 Å². The lowest BCUT2D eigenvalue weighted by Gasteiger charge is -2.14. The predicted molar refractivity (Wildman–Crippen MR) is 83.0 cm³/mol. The van der Waals surface area contributed by atoms with Crippen LogP contribution in [0.4, 0.5) is 5.69 Å². The Hall–Kier alpha value is -1.63. The van der Waals surface area contributed by atoms with Gasteiger partial charge in [0.25, 0.3) is 5.69 Å². The van der Waals surface area contributed by atoms with Gasteiger partial charge in [0.2, 0.25) is 0 Å². The fourth-order valence-corrected chi connectivity index (χ4v) is 2.30. The molecule has 2 aromatic rings. The minimum Gasteiger partial charge on any atom is -0.455 e. The van der Waals surface area contributed by atoms with E-state index in [4.69, 9.17) is 16.3 Å². The van der Waals surface area contributed by atoms with E-state index in [9.17, 15) is 15.2 Å². The average Bonchev–Trinajstić information content (AvgIpc) is 2.40. The van der Waals surface area contributed by atoms with Crippen molar-refractivity contribution >= 4 is 33.2 Å². The highest BCUT2D eigenvalue weighted by Crippen LogP contribution is 2.36. The lowest BCUT2D eigenvalue weighted by atomic mass is 10.1. The van der Waals surface area contributed by atoms with Crippen LogP contribution < -0.4 is 4.74 Å². The van der Waals surface area contributed by atoms with Crippen molar-refractivity contribution in [3.05, 3.63) is 61.6 Å². The van der Waals surface area contributed by atoms with E-state index in [0.29, 0.717) is 11.3 Å². The van der Waals surface area contributed by atoms with Crippen LogP contribution in [0, 0.1) is 10.1 Å². The van der Waals surface area contributed by atoms with E-state index in [0.717, 1.165) is 4.47 Å². The second kappa shape index (κ2) is 6.43. The molecule has 2 rings (SSSR count). The van der Waals surface area contributed by atoms with Crippen LogP contribution >= 0.6 is 27.5 Å². The molecule has 1 unspecified atom stereocenters. The van der Waals surface area contributed by atoms with Crippen LogP contribution in [0.3, 0.4) is 0 Å². The summed E-state index contributed by atoms with van der Waals surface area (Å²) in [5.74, 6) is 0.706. The van der Waals surface area contributed by atoms with E-state index in [1.54, 1.807) is 25.1 Å². The minimum absolute atomic E-state index is 0.114. The molecule has 0 aliphatic rings. The number of non-ortho nitro benzene ring substituents is 1. The van der Waals surface area contributed by atoms with Crippen molar-refractivity contribution < 1.29 is 14.8 Å². The largest absolute Gasteiger partial charge is 0.455 e. The number of halogens is 2. The number of rotatable bonds is 4. The summed E-state index contributed by atoms with van der Waals surface area (Å²) in [6.07, 6.45) is -0.718. The first kappa shape index (κ1) is 15.8. The fourth-order valence-electron chi connectivity index (χ4n) is 1.75. The van der Waals surface area contributed by atoms with Gasteiger partial charge in [-0.1, -0.05) is 33.6 Å². The van der Waals surface area contributed by atoms with Crippen LogP contribution in [0.2, 0.25) is 5.02 Å². The Morgan fingerprint density at radius 3 is 2.57 bits per heavy atom. The van der Waals surface area contributed by atoms with Crippen LogP contribution in [0.1, 0.15) is 18.6 Å². The van der Waals surface area contributed by atoms with Crippen molar-refractivity contribution in [1.82, 2.24) is 0 Å². The second-order valence-corrected chi connectivity index (χ2v) is 5.65. The Morgan fingerprint density at radius 1 is 1.29 bits per heavy atom. The highest BCUT2D eigenvalue weighted by molar-refractivity contribution is 9.10. The molecule has 0 saturated carbocycles. The van der Waals surface area contributed by atoms with Crippen LogP contribution in [-0.4, -0.2) is 10.0 Å². The van der Waals surface area contributed by atoms with Crippen molar-refractivity contribution in [1.29, 1.82) is 0 Å². The summed E-state index contributed by atoms with van der Waals surface area (Å²) in [5.41, 5.74) is 0.477. The predicted octanol–water partition coefficient (Wildman–Crippen LogP) is 4.86. The van der Waals surface area contributed by atoms with Gasteiger partial charge in [0.05, 0.1) is 16.0 Å². The zero-order chi connectivity index (χ0) is 15.6. The van der Waals surface area contributed by atoms with Gasteiger partial charge in [-0.3, -0.25) is 10.1 Å². The highest BCUT2D eigenvalue weighted by Gasteiger charge is 2.14. The fraction of sp³-hybridized carbons (Fsp3) is 0.143. The molecule has 0 aromatic heterocycles. The minimum atomic E-state index is -0.718. The van der Waals surface area contributed by atoms with Crippen molar-refractivity contribution in [2.75, 3.05) is 0 Å². The third-order valence-electron chi connectivity index (χ3n) is 2.77. The lowest BCUT2D eigenvalue weighted by Crippen LogP contribution is -1.97. The van der Waals surface area contributed by atoms with Crippen LogP contribution in [0.25, 0.3) is 0 Å². The molecule has 0 saturated heterocycles. The number of hydrogen-bond acceptors (Lipinski definition) is 4. The maximum Gasteiger partial charge on any atom is 0.271 e. The SMILES string of the molecule is CC(O)c1ccc(Br)cc1Oc1ccc([N+](=O)[O-])cc1Cl. The van der Waals surface area contributed by atoms with Gasteiger partial charge in [0.1, 0.15) is 11.5 Å². The van der Waals surface area contributed by atoms with E-state index in [-0.39, 0.29) is 16.5 Å². The molecular weight excluding hydrogens is 362 g/mol. The molecule has 1 atom stereocenters. The zero-order valence-corrected chi connectivity index (χ0v) is 13.3. The van der Waals surface area contributed by atoms with Crippen molar-refractivity contribution in [3.63, 3.8) is 0 Å². The van der Waals surface area contributed by atoms with Gasteiger partial charge < -0.3 is 9.84 Å². The molecule has 0 aliphatic carbocycles. The maximum absolute atomic E-state index is 10.7. The first-order valence-electron chi connectivity index (χ1n) is 5.98. The Morgan fingerprint density at radius 2 is 2.00 bits per heavy atom. The molecule has 2 aromatic carbocycles. The van der Waals surface area contributed by atoms with Crippen molar-refractivity contribution in [2.24, 2.45) is 0 Å². The van der Waals surface area contributed by atoms with E-state index >= 15 is 0 Å². The molecule has 0 radical (unpaired) electrons. The number of aliphatic hydroxyl groups is 1. The number of nitro benzene ring substituents is 1. The molecule has 0 aliphatic heterocycles. The number of benzene rings is 2. The first-order valence-corrected chi connectivity index (χ1v) is 7.15. The van der Waals surface area contributed by atoms with Gasteiger partial charge in [0, 0.05) is 22.2 Å². The van der Waals surface area contributed by atoms with Gasteiger partial charge in [-0.05, 0) is 25.1 Å². The first-order chi connectivity index (χ1) is 9.88. The van der Waals surface area contributed by atoms with Gasteiger partial charge in [0.15, 0.2) is 0 Å². The summed E-state index contributed by atoms with van der Waals surface area (Å²) in [6.45, 7) is 1.62. The van der Waals surface area contributed by atoms with Crippen LogP contribution in [-0.2, 0) is 0 Å². The normalized spacial score (nSPS) is 12.0. The molecule has 5 nitrogen and oxygen atoms in total. The second-order valence-electron chi connectivity index (χ2n) is 4.33. The number of aliphatic hydroxyl groups excluding tert-OH is 1. The third-order valence-corrected chi connectivity index (χ3v) is 3.56. The molecule has 0 heterocycles. The molecular formula is C14H11BrClNO4. The number of hydrogen-bond donors (Lipinski definition) is 1. The number of nitro groups is 1. The molecule has 7 heteroatoms. The molecule has 1 N–H and O–H groups in total. The monoisotopic (exact) mass is 371 g/mol. The molecule has 0 amide bonds. The zero-order valence-electron chi connectivity index (χ0n) is 10.9. The summed E-state index contributed by atoms with van der Waals surface area (Å²) < 4.78 is 6.45. The van der Waals surface area contributed by atoms with Gasteiger partial charge in [-0.25, -0.2) is 0 Å². The van der Waals surface area contributed by atoms with E-state index in [1.165, 1.54) is 18.2 Å². The van der Waals surface area contributed by atoms with Gasteiger partial charge in [-0.15, -0.1) is 0 Å². The smallest absolute Gasteiger partial charge is 0.271 e. The Kier molecular flexibility index (Phi) is 4.82. The van der Waals surface area contributed by atoms with Crippen molar-refractivity contribution in [2.45, 2.75) is 13.0 Å². The summed E-state index contributed by atoms with van der Waals surface area (Å²) in [6, 6.07) is 9.15. The quantitative estimate of drug-likeness (QED) is 0.614. The summed E-state index contributed by atoms with van der Waals surface area (Å²) in [5, 5.41) is 20.5. The molecule has 0 bridgehead atoms. The van der Waals surface area contributed by atoms with Crippen LogP contribution in [0.5, 0.6) is 11.5 Å². The molecule has 0 spiro atoms. The Labute approximate surface area is 134 Å². The summed E-state index contributed by atoms with van der Waals surface area (Å²) in [4.78, 5) is 10.1. The highest BCUT2D eigenvalue weighted by atomic mass is 79.9.